The second kappa shape index (κ2) is 6.33. The lowest BCUT2D eigenvalue weighted by molar-refractivity contribution is 0.384. The number of nitrogens with zero attached hydrogens (tertiary/aromatic N) is 4. The zero-order valence-electron chi connectivity index (χ0n) is 13.5. The van der Waals surface area contributed by atoms with E-state index in [1.807, 2.05) is 50.6 Å². The van der Waals surface area contributed by atoms with E-state index in [-0.39, 0.29) is 5.75 Å². The van der Waals surface area contributed by atoms with Crippen LogP contribution in [0.5, 0.6) is 0 Å². The van der Waals surface area contributed by atoms with Gasteiger partial charge in [-0.1, -0.05) is 24.3 Å². The van der Waals surface area contributed by atoms with Crippen LogP contribution in [0.4, 0.5) is 5.69 Å². The summed E-state index contributed by atoms with van der Waals surface area (Å²) in [6, 6.07) is 7.65. The highest BCUT2D eigenvalue weighted by molar-refractivity contribution is 7.88. The number of hydrogen-bond donors (Lipinski definition) is 0. The molecule has 0 atom stereocenters. The van der Waals surface area contributed by atoms with E-state index in [4.69, 9.17) is 0 Å². The molecule has 1 aromatic carbocycles. The number of anilines is 1. The summed E-state index contributed by atoms with van der Waals surface area (Å²) in [6.07, 6.45) is 3.77. The topological polar surface area (TPSA) is 58.4 Å². The molecule has 0 N–H and O–H groups in total. The van der Waals surface area contributed by atoms with Gasteiger partial charge in [0.25, 0.3) is 0 Å². The average Bonchev–Trinajstić information content (AvgIpc) is 2.96. The van der Waals surface area contributed by atoms with Gasteiger partial charge in [-0.25, -0.2) is 8.42 Å². The SMILES string of the molecule is Cc1ccccc1CS(=O)(=O)N1CCN(c2cnn(C)c2)CC1. The number of benzene rings is 1. The van der Waals surface area contributed by atoms with E-state index in [0.29, 0.717) is 26.2 Å². The lowest BCUT2D eigenvalue weighted by atomic mass is 10.1. The number of aryl methyl sites for hydroxylation is 2. The quantitative estimate of drug-likeness (QED) is 0.848. The first-order valence-electron chi connectivity index (χ1n) is 7.71. The summed E-state index contributed by atoms with van der Waals surface area (Å²) in [7, 11) is -1.39. The van der Waals surface area contributed by atoms with Crippen LogP contribution in [0, 0.1) is 6.92 Å². The van der Waals surface area contributed by atoms with E-state index in [1.165, 1.54) is 0 Å². The van der Waals surface area contributed by atoms with Crippen LogP contribution in [0.15, 0.2) is 36.7 Å². The fourth-order valence-electron chi connectivity index (χ4n) is 2.86. The fraction of sp³-hybridized carbons (Fsp3) is 0.438. The van der Waals surface area contributed by atoms with E-state index < -0.39 is 10.0 Å². The Morgan fingerprint density at radius 1 is 1.13 bits per heavy atom. The molecule has 124 valence electrons. The molecule has 2 heterocycles. The van der Waals surface area contributed by atoms with Crippen molar-refractivity contribution in [3.8, 4) is 0 Å². The number of piperazine rings is 1. The van der Waals surface area contributed by atoms with Crippen LogP contribution in [-0.4, -0.2) is 48.7 Å². The van der Waals surface area contributed by atoms with Crippen molar-refractivity contribution in [2.45, 2.75) is 12.7 Å². The van der Waals surface area contributed by atoms with Gasteiger partial charge in [0.15, 0.2) is 0 Å². The second-order valence-electron chi connectivity index (χ2n) is 5.94. The van der Waals surface area contributed by atoms with Gasteiger partial charge in [0.2, 0.25) is 10.0 Å². The maximum Gasteiger partial charge on any atom is 0.218 e. The van der Waals surface area contributed by atoms with E-state index in [1.54, 1.807) is 8.99 Å². The van der Waals surface area contributed by atoms with E-state index in [2.05, 4.69) is 10.00 Å². The molecule has 23 heavy (non-hydrogen) atoms. The molecule has 0 unspecified atom stereocenters. The predicted octanol–water partition coefficient (Wildman–Crippen LogP) is 1.38. The molecule has 0 amide bonds. The van der Waals surface area contributed by atoms with Gasteiger partial charge in [0.1, 0.15) is 0 Å². The number of sulfonamides is 1. The summed E-state index contributed by atoms with van der Waals surface area (Å²) in [5.41, 5.74) is 2.94. The van der Waals surface area contributed by atoms with Gasteiger partial charge in [-0.3, -0.25) is 4.68 Å². The van der Waals surface area contributed by atoms with Crippen molar-refractivity contribution in [3.63, 3.8) is 0 Å². The molecule has 7 heteroatoms. The van der Waals surface area contributed by atoms with Crippen molar-refractivity contribution in [2.75, 3.05) is 31.1 Å². The van der Waals surface area contributed by atoms with Crippen LogP contribution in [0.3, 0.4) is 0 Å². The molecular weight excluding hydrogens is 312 g/mol. The fourth-order valence-corrected chi connectivity index (χ4v) is 4.48. The monoisotopic (exact) mass is 334 g/mol. The minimum atomic E-state index is -3.27. The lowest BCUT2D eigenvalue weighted by Gasteiger charge is -2.34. The van der Waals surface area contributed by atoms with Crippen LogP contribution in [0.25, 0.3) is 0 Å². The molecule has 0 aliphatic carbocycles. The molecule has 2 aromatic rings. The summed E-state index contributed by atoms with van der Waals surface area (Å²) in [5.74, 6) is 0.0760. The molecule has 0 spiro atoms. The summed E-state index contributed by atoms with van der Waals surface area (Å²) in [4.78, 5) is 2.17. The third-order valence-corrected chi connectivity index (χ3v) is 6.12. The molecule has 1 aliphatic rings. The predicted molar refractivity (Wildman–Crippen MR) is 90.8 cm³/mol. The Bertz CT molecular complexity index is 777. The van der Waals surface area contributed by atoms with Gasteiger partial charge in [-0.2, -0.15) is 9.40 Å². The Labute approximate surface area is 137 Å². The highest BCUT2D eigenvalue weighted by Gasteiger charge is 2.27. The first kappa shape index (κ1) is 16.0. The molecule has 0 radical (unpaired) electrons. The third kappa shape index (κ3) is 3.56. The molecule has 0 bridgehead atoms. The summed E-state index contributed by atoms with van der Waals surface area (Å²) < 4.78 is 28.7. The largest absolute Gasteiger partial charge is 0.366 e. The van der Waals surface area contributed by atoms with Crippen molar-refractivity contribution < 1.29 is 8.42 Å². The minimum Gasteiger partial charge on any atom is -0.366 e. The van der Waals surface area contributed by atoms with Crippen LogP contribution in [-0.2, 0) is 22.8 Å². The summed E-state index contributed by atoms with van der Waals surface area (Å²) >= 11 is 0. The Hall–Kier alpha value is -1.86. The van der Waals surface area contributed by atoms with Gasteiger partial charge in [0, 0.05) is 39.4 Å². The Balaban J connectivity index is 1.65. The molecule has 0 saturated carbocycles. The first-order valence-corrected chi connectivity index (χ1v) is 9.32. The Morgan fingerprint density at radius 3 is 2.43 bits per heavy atom. The standard InChI is InChI=1S/C16H22N4O2S/c1-14-5-3-4-6-15(14)13-23(21,22)20-9-7-19(8-10-20)16-11-17-18(2)12-16/h3-6,11-12H,7-10,13H2,1-2H3. The maximum absolute atomic E-state index is 12.6. The Morgan fingerprint density at radius 2 is 1.83 bits per heavy atom. The molecular formula is C16H22N4O2S. The van der Waals surface area contributed by atoms with Crippen LogP contribution in [0.1, 0.15) is 11.1 Å². The van der Waals surface area contributed by atoms with E-state index in [9.17, 15) is 8.42 Å². The van der Waals surface area contributed by atoms with E-state index >= 15 is 0 Å². The molecule has 1 aromatic heterocycles. The van der Waals surface area contributed by atoms with Gasteiger partial charge >= 0.3 is 0 Å². The first-order chi connectivity index (χ1) is 11.0. The highest BCUT2D eigenvalue weighted by atomic mass is 32.2. The number of rotatable bonds is 4. The number of hydrogen-bond acceptors (Lipinski definition) is 4. The summed E-state index contributed by atoms with van der Waals surface area (Å²) in [6.45, 7) is 4.37. The maximum atomic E-state index is 12.6. The van der Waals surface area contributed by atoms with Gasteiger partial charge < -0.3 is 4.90 Å². The third-order valence-electron chi connectivity index (χ3n) is 4.29. The lowest BCUT2D eigenvalue weighted by Crippen LogP contribution is -2.49. The molecule has 1 saturated heterocycles. The van der Waals surface area contributed by atoms with Crippen LogP contribution >= 0.6 is 0 Å². The van der Waals surface area contributed by atoms with Crippen molar-refractivity contribution in [1.29, 1.82) is 0 Å². The zero-order chi connectivity index (χ0) is 16.4. The molecule has 1 aliphatic heterocycles. The normalized spacial score (nSPS) is 16.7. The number of aromatic nitrogens is 2. The van der Waals surface area contributed by atoms with Crippen molar-refractivity contribution >= 4 is 15.7 Å². The van der Waals surface area contributed by atoms with Crippen molar-refractivity contribution in [2.24, 2.45) is 7.05 Å². The minimum absolute atomic E-state index is 0.0760. The van der Waals surface area contributed by atoms with E-state index in [0.717, 1.165) is 16.8 Å². The van der Waals surface area contributed by atoms with Gasteiger partial charge in [0.05, 0.1) is 17.6 Å². The second-order valence-corrected chi connectivity index (χ2v) is 7.91. The summed E-state index contributed by atoms with van der Waals surface area (Å²) in [5, 5.41) is 4.17. The zero-order valence-corrected chi connectivity index (χ0v) is 14.3. The Kier molecular flexibility index (Phi) is 4.41. The highest BCUT2D eigenvalue weighted by Crippen LogP contribution is 2.19. The smallest absolute Gasteiger partial charge is 0.218 e. The molecule has 6 nitrogen and oxygen atoms in total. The molecule has 3 rings (SSSR count). The average molecular weight is 334 g/mol. The van der Waals surface area contributed by atoms with Crippen molar-refractivity contribution in [1.82, 2.24) is 14.1 Å². The van der Waals surface area contributed by atoms with Crippen LogP contribution < -0.4 is 4.90 Å². The van der Waals surface area contributed by atoms with Crippen LogP contribution in [0.2, 0.25) is 0 Å². The van der Waals surface area contributed by atoms with Gasteiger partial charge in [-0.05, 0) is 18.1 Å². The molecule has 1 fully saturated rings. The van der Waals surface area contributed by atoms with Gasteiger partial charge in [-0.15, -0.1) is 0 Å². The van der Waals surface area contributed by atoms with Crippen molar-refractivity contribution in [3.05, 3.63) is 47.8 Å².